The van der Waals surface area contributed by atoms with E-state index in [1.165, 1.54) is 0 Å². The van der Waals surface area contributed by atoms with Crippen molar-refractivity contribution in [3.05, 3.63) is 30.3 Å². The van der Waals surface area contributed by atoms with Gasteiger partial charge in [0.15, 0.2) is 0 Å². The van der Waals surface area contributed by atoms with Crippen LogP contribution in [0.15, 0.2) is 30.3 Å². The van der Waals surface area contributed by atoms with Gasteiger partial charge in [-0.25, -0.2) is 4.79 Å². The minimum atomic E-state index is -0.390. The van der Waals surface area contributed by atoms with Gasteiger partial charge in [0.1, 0.15) is 12.1 Å². The molecule has 7 nitrogen and oxygen atoms in total. The van der Waals surface area contributed by atoms with E-state index in [2.05, 4.69) is 16.7 Å². The van der Waals surface area contributed by atoms with E-state index in [1.54, 1.807) is 4.90 Å². The first kappa shape index (κ1) is 19.7. The van der Waals surface area contributed by atoms with E-state index in [9.17, 15) is 9.59 Å². The van der Waals surface area contributed by atoms with Crippen LogP contribution in [-0.2, 0) is 9.53 Å². The van der Waals surface area contributed by atoms with Gasteiger partial charge in [0, 0.05) is 18.3 Å². The van der Waals surface area contributed by atoms with Crippen LogP contribution in [0.25, 0.3) is 0 Å². The number of amides is 2. The fourth-order valence-corrected chi connectivity index (χ4v) is 5.18. The number of fused-ring (bicyclic) bond motifs is 1. The molecule has 3 fully saturated rings. The lowest BCUT2D eigenvalue weighted by Gasteiger charge is -2.22. The maximum Gasteiger partial charge on any atom is 0.411 e. The van der Waals surface area contributed by atoms with Gasteiger partial charge in [-0.15, -0.1) is 0 Å². The third kappa shape index (κ3) is 4.70. The molecule has 2 unspecified atom stereocenters. The second kappa shape index (κ2) is 8.83. The first-order chi connectivity index (χ1) is 14.1. The van der Waals surface area contributed by atoms with E-state index in [1.807, 2.05) is 30.3 Å². The smallest absolute Gasteiger partial charge is 0.411 e. The van der Waals surface area contributed by atoms with Crippen molar-refractivity contribution in [2.45, 2.75) is 56.7 Å². The average molecular weight is 396 g/mol. The minimum absolute atomic E-state index is 0.0303. The summed E-state index contributed by atoms with van der Waals surface area (Å²) in [6, 6.07) is 11.6. The number of nitrogens with zero attached hydrogens (tertiary/aromatic N) is 2. The van der Waals surface area contributed by atoms with E-state index in [0.717, 1.165) is 44.2 Å². The lowest BCUT2D eigenvalue weighted by atomic mass is 10.0. The summed E-state index contributed by atoms with van der Waals surface area (Å²) in [6.07, 6.45) is 5.09. The van der Waals surface area contributed by atoms with Gasteiger partial charge in [-0.2, -0.15) is 5.26 Å². The molecule has 29 heavy (non-hydrogen) atoms. The second-order valence-electron chi connectivity index (χ2n) is 8.43. The summed E-state index contributed by atoms with van der Waals surface area (Å²) in [5.74, 6) is 1.11. The molecule has 4 rings (SSSR count). The van der Waals surface area contributed by atoms with Gasteiger partial charge in [-0.1, -0.05) is 18.2 Å². The number of rotatable bonds is 5. The van der Waals surface area contributed by atoms with Crippen molar-refractivity contribution in [2.24, 2.45) is 11.8 Å². The van der Waals surface area contributed by atoms with Gasteiger partial charge in [0.05, 0.1) is 12.6 Å². The minimum Gasteiger partial charge on any atom is -0.446 e. The summed E-state index contributed by atoms with van der Waals surface area (Å²) < 4.78 is 5.61. The van der Waals surface area contributed by atoms with Gasteiger partial charge in [-0.3, -0.25) is 10.1 Å². The molecule has 2 N–H and O–H groups in total. The highest BCUT2D eigenvalue weighted by atomic mass is 16.6. The van der Waals surface area contributed by atoms with Crippen LogP contribution in [-0.4, -0.2) is 48.2 Å². The van der Waals surface area contributed by atoms with Crippen molar-refractivity contribution >= 4 is 17.7 Å². The number of likely N-dealkylation sites (tertiary alicyclic amines) is 1. The molecule has 1 aliphatic heterocycles. The molecule has 2 amide bonds. The number of hydrogen-bond donors (Lipinski definition) is 2. The summed E-state index contributed by atoms with van der Waals surface area (Å²) >= 11 is 0. The molecular formula is C22H28N4O3. The Morgan fingerprint density at radius 2 is 1.86 bits per heavy atom. The molecule has 1 aromatic carbocycles. The first-order valence-electron chi connectivity index (χ1n) is 10.6. The van der Waals surface area contributed by atoms with E-state index in [0.29, 0.717) is 31.0 Å². The highest BCUT2D eigenvalue weighted by Gasteiger charge is 2.43. The quantitative estimate of drug-likeness (QED) is 0.798. The Bertz CT molecular complexity index is 764. The zero-order valence-electron chi connectivity index (χ0n) is 16.5. The molecule has 1 heterocycles. The summed E-state index contributed by atoms with van der Waals surface area (Å²) in [5.41, 5.74) is 0.737. The SMILES string of the molecule is N#C[C@@H]1CCCN1C(=O)CNC1C[C@@H]2CC(OC(=O)Nc3ccccc3)C[C@@H]2C1. The fraction of sp³-hybridized carbons (Fsp3) is 0.591. The van der Waals surface area contributed by atoms with Crippen LogP contribution >= 0.6 is 0 Å². The van der Waals surface area contributed by atoms with Crippen molar-refractivity contribution in [1.29, 1.82) is 5.26 Å². The standard InChI is InChI=1S/C22H28N4O3/c23-13-19-7-4-8-26(19)21(27)14-24-18-9-15-11-20(12-16(15)10-18)29-22(28)25-17-5-2-1-3-6-17/h1-3,5-6,15-16,18-20,24H,4,7-12,14H2,(H,25,28)/t15-,16+,18?,19-,20?/m0/s1. The molecule has 2 saturated carbocycles. The van der Waals surface area contributed by atoms with Gasteiger partial charge >= 0.3 is 6.09 Å². The predicted molar refractivity (Wildman–Crippen MR) is 108 cm³/mol. The van der Waals surface area contributed by atoms with Gasteiger partial charge < -0.3 is 15.0 Å². The Kier molecular flexibility index (Phi) is 6.00. The van der Waals surface area contributed by atoms with Crippen LogP contribution in [0.5, 0.6) is 0 Å². The zero-order chi connectivity index (χ0) is 20.2. The largest absolute Gasteiger partial charge is 0.446 e. The zero-order valence-corrected chi connectivity index (χ0v) is 16.5. The molecule has 2 aliphatic carbocycles. The van der Waals surface area contributed by atoms with Crippen LogP contribution in [0.4, 0.5) is 10.5 Å². The first-order valence-corrected chi connectivity index (χ1v) is 10.6. The molecule has 0 spiro atoms. The van der Waals surface area contributed by atoms with E-state index in [-0.39, 0.29) is 24.1 Å². The maximum atomic E-state index is 12.4. The highest BCUT2D eigenvalue weighted by molar-refractivity contribution is 5.84. The van der Waals surface area contributed by atoms with Crippen molar-refractivity contribution in [1.82, 2.24) is 10.2 Å². The summed E-state index contributed by atoms with van der Waals surface area (Å²) in [4.78, 5) is 26.2. The number of ether oxygens (including phenoxy) is 1. The van der Waals surface area contributed by atoms with E-state index in [4.69, 9.17) is 10.00 Å². The highest BCUT2D eigenvalue weighted by Crippen LogP contribution is 2.45. The number of anilines is 1. The molecule has 1 aromatic rings. The summed E-state index contributed by atoms with van der Waals surface area (Å²) in [6.45, 7) is 1.00. The van der Waals surface area contributed by atoms with E-state index >= 15 is 0 Å². The molecule has 0 radical (unpaired) electrons. The molecule has 5 atom stereocenters. The molecule has 154 valence electrons. The number of para-hydroxylation sites is 1. The predicted octanol–water partition coefficient (Wildman–Crippen LogP) is 2.90. The van der Waals surface area contributed by atoms with Crippen molar-refractivity contribution < 1.29 is 14.3 Å². The van der Waals surface area contributed by atoms with Crippen LogP contribution in [0.1, 0.15) is 38.5 Å². The molecule has 0 bridgehead atoms. The third-order valence-corrected chi connectivity index (χ3v) is 6.53. The number of hydrogen-bond acceptors (Lipinski definition) is 5. The number of nitrogens with one attached hydrogen (secondary N) is 2. The van der Waals surface area contributed by atoms with Crippen LogP contribution in [0, 0.1) is 23.2 Å². The summed E-state index contributed by atoms with van der Waals surface area (Å²) in [7, 11) is 0. The number of carbonyl (C=O) groups excluding carboxylic acids is 2. The maximum absolute atomic E-state index is 12.4. The van der Waals surface area contributed by atoms with Crippen LogP contribution in [0.3, 0.4) is 0 Å². The van der Waals surface area contributed by atoms with Gasteiger partial charge in [-0.05, 0) is 62.5 Å². The van der Waals surface area contributed by atoms with Crippen molar-refractivity contribution in [2.75, 3.05) is 18.4 Å². The average Bonchev–Trinajstić information content (AvgIpc) is 3.41. The molecule has 7 heteroatoms. The second-order valence-corrected chi connectivity index (χ2v) is 8.43. The lowest BCUT2D eigenvalue weighted by molar-refractivity contribution is -0.130. The summed E-state index contributed by atoms with van der Waals surface area (Å²) in [5, 5.41) is 15.3. The van der Waals surface area contributed by atoms with Crippen LogP contribution in [0.2, 0.25) is 0 Å². The number of benzene rings is 1. The molecule has 0 aromatic heterocycles. The normalized spacial score (nSPS) is 30.6. The Labute approximate surface area is 171 Å². The Balaban J connectivity index is 1.18. The topological polar surface area (TPSA) is 94.5 Å². The van der Waals surface area contributed by atoms with Crippen LogP contribution < -0.4 is 10.6 Å². The van der Waals surface area contributed by atoms with Gasteiger partial charge in [0.2, 0.25) is 5.91 Å². The fourth-order valence-electron chi connectivity index (χ4n) is 5.18. The lowest BCUT2D eigenvalue weighted by Crippen LogP contribution is -2.43. The Morgan fingerprint density at radius 1 is 1.14 bits per heavy atom. The van der Waals surface area contributed by atoms with Gasteiger partial charge in [0.25, 0.3) is 0 Å². The molecule has 1 saturated heterocycles. The third-order valence-electron chi connectivity index (χ3n) is 6.53. The number of nitriles is 1. The van der Waals surface area contributed by atoms with Crippen molar-refractivity contribution in [3.8, 4) is 6.07 Å². The molecular weight excluding hydrogens is 368 g/mol. The van der Waals surface area contributed by atoms with E-state index < -0.39 is 0 Å². The van der Waals surface area contributed by atoms with Crippen molar-refractivity contribution in [3.63, 3.8) is 0 Å². The molecule has 3 aliphatic rings. The Morgan fingerprint density at radius 3 is 2.55 bits per heavy atom. The Hall–Kier alpha value is -2.59. The monoisotopic (exact) mass is 396 g/mol. The number of carbonyl (C=O) groups is 2.